The number of carbonyl (C=O) groups excluding carboxylic acids is 1. The smallest absolute Gasteiger partial charge is 0.331 e. The highest BCUT2D eigenvalue weighted by Gasteiger charge is 2.17. The number of hydrogen-bond donors (Lipinski definition) is 0. The first-order chi connectivity index (χ1) is 14.2. The second-order valence-electron chi connectivity index (χ2n) is 6.43. The van der Waals surface area contributed by atoms with Crippen LogP contribution < -0.4 is 4.74 Å². The molecule has 0 unspecified atom stereocenters. The van der Waals surface area contributed by atoms with Crippen molar-refractivity contribution >= 4 is 12.0 Å². The molecule has 0 spiro atoms. The van der Waals surface area contributed by atoms with Crippen molar-refractivity contribution < 1.29 is 23.4 Å². The van der Waals surface area contributed by atoms with Crippen LogP contribution in [0, 0.1) is 5.82 Å². The number of halogens is 1. The highest BCUT2D eigenvalue weighted by Crippen LogP contribution is 2.29. The molecule has 0 saturated carbocycles. The number of hydrogen-bond acceptors (Lipinski definition) is 6. The van der Waals surface area contributed by atoms with Crippen LogP contribution in [0.4, 0.5) is 4.39 Å². The van der Waals surface area contributed by atoms with Gasteiger partial charge in [-0.2, -0.15) is 0 Å². The minimum Gasteiger partial charge on any atom is -0.467 e. The number of benzene rings is 2. The van der Waals surface area contributed by atoms with E-state index in [-0.39, 0.29) is 20.0 Å². The molecule has 1 aliphatic rings. The Morgan fingerprint density at radius 2 is 2.14 bits per heavy atom. The molecule has 0 amide bonds. The second-order valence-corrected chi connectivity index (χ2v) is 6.43. The van der Waals surface area contributed by atoms with E-state index < -0.39 is 11.8 Å². The summed E-state index contributed by atoms with van der Waals surface area (Å²) in [6, 6.07) is 12.5. The van der Waals surface area contributed by atoms with Crippen molar-refractivity contribution in [1.29, 1.82) is 0 Å². The number of esters is 1. The van der Waals surface area contributed by atoms with E-state index in [2.05, 4.69) is 10.3 Å². The highest BCUT2D eigenvalue weighted by molar-refractivity contribution is 5.86. The summed E-state index contributed by atoms with van der Waals surface area (Å²) in [5.41, 5.74) is 2.67. The van der Waals surface area contributed by atoms with Gasteiger partial charge in [0.2, 0.25) is 0 Å². The molecule has 148 valence electrons. The van der Waals surface area contributed by atoms with E-state index in [1.54, 1.807) is 10.9 Å². The molecular formula is C21H18FN3O4. The molecule has 0 aliphatic carbocycles. The second kappa shape index (κ2) is 8.66. The lowest BCUT2D eigenvalue weighted by molar-refractivity contribution is -0.139. The topological polar surface area (TPSA) is 75.5 Å². The lowest BCUT2D eigenvalue weighted by Crippen LogP contribution is -2.14. The van der Waals surface area contributed by atoms with Crippen molar-refractivity contribution in [3.8, 4) is 5.75 Å². The maximum absolute atomic E-state index is 13.7. The van der Waals surface area contributed by atoms with E-state index in [4.69, 9.17) is 14.2 Å². The molecule has 2 aromatic carbocycles. The van der Waals surface area contributed by atoms with Crippen LogP contribution in [-0.2, 0) is 34.0 Å². The Hall–Kier alpha value is -3.52. The van der Waals surface area contributed by atoms with Crippen LogP contribution in [0.3, 0.4) is 0 Å². The fraction of sp³-hybridized carbons (Fsp3) is 0.190. The van der Waals surface area contributed by atoms with Crippen molar-refractivity contribution in [1.82, 2.24) is 15.0 Å². The molecule has 0 bridgehead atoms. The third-order valence-electron chi connectivity index (χ3n) is 4.26. The highest BCUT2D eigenvalue weighted by atomic mass is 19.1. The predicted molar refractivity (Wildman–Crippen MR) is 101 cm³/mol. The van der Waals surface area contributed by atoms with Gasteiger partial charge < -0.3 is 14.2 Å². The summed E-state index contributed by atoms with van der Waals surface area (Å²) in [5, 5.41) is 8.04. The zero-order chi connectivity index (χ0) is 20.1. The molecule has 2 heterocycles. The summed E-state index contributed by atoms with van der Waals surface area (Å²) in [6.07, 6.45) is 4.50. The molecule has 7 nitrogen and oxygen atoms in total. The maximum Gasteiger partial charge on any atom is 0.331 e. The minimum absolute atomic E-state index is 0.0815. The largest absolute Gasteiger partial charge is 0.467 e. The molecule has 0 radical (unpaired) electrons. The number of ether oxygens (including phenoxy) is 3. The van der Waals surface area contributed by atoms with Gasteiger partial charge in [0.1, 0.15) is 23.9 Å². The Bertz CT molecular complexity index is 1030. The van der Waals surface area contributed by atoms with Gasteiger partial charge in [0.05, 0.1) is 19.3 Å². The summed E-state index contributed by atoms with van der Waals surface area (Å²) in [6.45, 7) is 0.815. The van der Waals surface area contributed by atoms with E-state index in [9.17, 15) is 9.18 Å². The molecular weight excluding hydrogens is 377 g/mol. The van der Waals surface area contributed by atoms with E-state index in [0.717, 1.165) is 5.56 Å². The van der Waals surface area contributed by atoms with Crippen LogP contribution in [0.15, 0.2) is 54.7 Å². The van der Waals surface area contributed by atoms with Crippen molar-refractivity contribution in [2.24, 2.45) is 0 Å². The zero-order valence-corrected chi connectivity index (χ0v) is 15.5. The molecule has 0 saturated heterocycles. The van der Waals surface area contributed by atoms with Crippen molar-refractivity contribution in [3.05, 3.63) is 82.9 Å². The van der Waals surface area contributed by atoms with Gasteiger partial charge in [-0.15, -0.1) is 5.10 Å². The number of nitrogens with zero attached hydrogens (tertiary/aromatic N) is 3. The Kier molecular flexibility index (Phi) is 5.62. The Morgan fingerprint density at radius 1 is 1.28 bits per heavy atom. The van der Waals surface area contributed by atoms with E-state index >= 15 is 0 Å². The summed E-state index contributed by atoms with van der Waals surface area (Å²) in [7, 11) is 0. The first kappa shape index (κ1) is 18.8. The molecule has 4 rings (SSSR count). The third kappa shape index (κ3) is 4.85. The maximum atomic E-state index is 13.7. The van der Waals surface area contributed by atoms with Gasteiger partial charge in [-0.3, -0.25) is 0 Å². The number of aromatic nitrogens is 3. The standard InChI is InChI=1S/C21H18FN3O4/c22-18-8-16-12-27-14-29-21(16)17(9-18)13-28-20(26)7-6-19-11-25(24-23-19)10-15-4-2-1-3-5-15/h1-9,11H,10,12-14H2/b7-6+. The summed E-state index contributed by atoms with van der Waals surface area (Å²) >= 11 is 0. The van der Waals surface area contributed by atoms with Crippen LogP contribution in [0.1, 0.15) is 22.4 Å². The fourth-order valence-corrected chi connectivity index (χ4v) is 2.95. The van der Waals surface area contributed by atoms with E-state index in [1.807, 2.05) is 30.3 Å². The number of carbonyl (C=O) groups is 1. The number of fused-ring (bicyclic) bond motifs is 1. The lowest BCUT2D eigenvalue weighted by atomic mass is 10.1. The van der Waals surface area contributed by atoms with Crippen molar-refractivity contribution in [2.45, 2.75) is 19.8 Å². The van der Waals surface area contributed by atoms with Gasteiger partial charge in [-0.05, 0) is 23.8 Å². The molecule has 0 atom stereocenters. The SMILES string of the molecule is O=C(/C=C/c1cn(Cc2ccccc2)nn1)OCc1cc(F)cc2c1OCOC2. The molecule has 1 aromatic heterocycles. The predicted octanol–water partition coefficient (Wildman–Crippen LogP) is 3.09. The van der Waals surface area contributed by atoms with Crippen LogP contribution >= 0.6 is 0 Å². The Labute approximate surface area is 166 Å². The van der Waals surface area contributed by atoms with Gasteiger partial charge in [0.15, 0.2) is 6.79 Å². The van der Waals surface area contributed by atoms with Crippen molar-refractivity contribution in [2.75, 3.05) is 6.79 Å². The van der Waals surface area contributed by atoms with Crippen LogP contribution in [-0.4, -0.2) is 27.8 Å². The Morgan fingerprint density at radius 3 is 3.00 bits per heavy atom. The molecule has 0 fully saturated rings. The molecule has 1 aliphatic heterocycles. The summed E-state index contributed by atoms with van der Waals surface area (Å²) < 4.78 is 31.1. The average Bonchev–Trinajstić information content (AvgIpc) is 3.18. The van der Waals surface area contributed by atoms with Crippen LogP contribution in [0.2, 0.25) is 0 Å². The van der Waals surface area contributed by atoms with Gasteiger partial charge in [0, 0.05) is 17.2 Å². The average molecular weight is 395 g/mol. The fourth-order valence-electron chi connectivity index (χ4n) is 2.95. The van der Waals surface area contributed by atoms with Crippen LogP contribution in [0.5, 0.6) is 5.75 Å². The van der Waals surface area contributed by atoms with E-state index in [0.29, 0.717) is 29.1 Å². The minimum atomic E-state index is -0.576. The molecule has 8 heteroatoms. The van der Waals surface area contributed by atoms with Crippen molar-refractivity contribution in [3.63, 3.8) is 0 Å². The van der Waals surface area contributed by atoms with E-state index in [1.165, 1.54) is 24.3 Å². The molecule has 3 aromatic rings. The quantitative estimate of drug-likeness (QED) is 0.472. The summed E-state index contributed by atoms with van der Waals surface area (Å²) in [5.74, 6) is -0.513. The first-order valence-electron chi connectivity index (χ1n) is 8.98. The molecule has 29 heavy (non-hydrogen) atoms. The molecule has 0 N–H and O–H groups in total. The normalized spacial score (nSPS) is 13.1. The first-order valence-corrected chi connectivity index (χ1v) is 8.98. The lowest BCUT2D eigenvalue weighted by Gasteiger charge is -2.20. The van der Waals surface area contributed by atoms with Gasteiger partial charge in [-0.1, -0.05) is 35.5 Å². The van der Waals surface area contributed by atoms with Gasteiger partial charge in [-0.25, -0.2) is 13.9 Å². The number of rotatable bonds is 6. The van der Waals surface area contributed by atoms with Crippen LogP contribution in [0.25, 0.3) is 6.08 Å². The summed E-state index contributed by atoms with van der Waals surface area (Å²) in [4.78, 5) is 12.0. The van der Waals surface area contributed by atoms with Gasteiger partial charge >= 0.3 is 5.97 Å². The Balaban J connectivity index is 1.35. The third-order valence-corrected chi connectivity index (χ3v) is 4.26. The monoisotopic (exact) mass is 395 g/mol. The zero-order valence-electron chi connectivity index (χ0n) is 15.5. The van der Waals surface area contributed by atoms with Gasteiger partial charge in [0.25, 0.3) is 0 Å².